The number of esters is 1. The lowest BCUT2D eigenvalue weighted by molar-refractivity contribution is -0.123. The number of carbonyl (C=O) groups excluding carboxylic acids is 4. The maximum Gasteiger partial charge on any atom is 0.338 e. The molecular formula is C19H19N3O5S2. The Labute approximate surface area is 175 Å². The second-order valence-electron chi connectivity index (χ2n) is 6.17. The van der Waals surface area contributed by atoms with E-state index in [0.29, 0.717) is 18.7 Å². The Balaban J connectivity index is 1.43. The molecule has 0 unspecified atom stereocenters. The number of urea groups is 1. The summed E-state index contributed by atoms with van der Waals surface area (Å²) in [5, 5.41) is 9.14. The van der Waals surface area contributed by atoms with E-state index in [0.717, 1.165) is 9.77 Å². The number of anilines is 1. The van der Waals surface area contributed by atoms with E-state index in [4.69, 9.17) is 4.74 Å². The topological polar surface area (TPSA) is 114 Å². The molecule has 10 heteroatoms. The molecule has 0 fully saturated rings. The lowest BCUT2D eigenvalue weighted by Crippen LogP contribution is -2.42. The van der Waals surface area contributed by atoms with Crippen LogP contribution < -0.4 is 16.0 Å². The summed E-state index contributed by atoms with van der Waals surface area (Å²) in [6, 6.07) is 8.02. The van der Waals surface area contributed by atoms with Crippen LogP contribution in [0.3, 0.4) is 0 Å². The predicted molar refractivity (Wildman–Crippen MR) is 110 cm³/mol. The van der Waals surface area contributed by atoms with Gasteiger partial charge in [0, 0.05) is 16.3 Å². The Morgan fingerprint density at radius 3 is 2.83 bits per heavy atom. The highest BCUT2D eigenvalue weighted by Crippen LogP contribution is 2.35. The number of nitrogens with one attached hydrogen (secondary N) is 3. The summed E-state index contributed by atoms with van der Waals surface area (Å²) in [4.78, 5) is 49.4. The van der Waals surface area contributed by atoms with Crippen LogP contribution in [0.5, 0.6) is 0 Å². The molecule has 0 spiro atoms. The lowest BCUT2D eigenvalue weighted by atomic mass is 10.2. The highest BCUT2D eigenvalue weighted by molar-refractivity contribution is 8.00. The Morgan fingerprint density at radius 2 is 2.07 bits per heavy atom. The van der Waals surface area contributed by atoms with Gasteiger partial charge in [0.15, 0.2) is 6.61 Å². The molecule has 0 saturated heterocycles. The van der Waals surface area contributed by atoms with Gasteiger partial charge < -0.3 is 15.4 Å². The Hall–Kier alpha value is -2.85. The molecule has 0 radical (unpaired) electrons. The highest BCUT2D eigenvalue weighted by Gasteiger charge is 2.24. The average Bonchev–Trinajstić information content (AvgIpc) is 3.20. The van der Waals surface area contributed by atoms with Crippen molar-refractivity contribution in [3.8, 4) is 0 Å². The number of benzene rings is 1. The maximum absolute atomic E-state index is 12.1. The van der Waals surface area contributed by atoms with Crippen LogP contribution in [0.1, 0.15) is 22.2 Å². The van der Waals surface area contributed by atoms with Crippen LogP contribution in [0.2, 0.25) is 0 Å². The summed E-state index contributed by atoms with van der Waals surface area (Å²) >= 11 is 2.98. The molecule has 2 aromatic rings. The predicted octanol–water partition coefficient (Wildman–Crippen LogP) is 2.41. The molecule has 29 heavy (non-hydrogen) atoms. The molecule has 1 aliphatic heterocycles. The van der Waals surface area contributed by atoms with Gasteiger partial charge in [0.1, 0.15) is 0 Å². The van der Waals surface area contributed by atoms with Gasteiger partial charge in [-0.25, -0.2) is 9.59 Å². The van der Waals surface area contributed by atoms with Crippen LogP contribution in [0.25, 0.3) is 0 Å². The second kappa shape index (κ2) is 9.57. The molecule has 0 saturated carbocycles. The van der Waals surface area contributed by atoms with E-state index < -0.39 is 24.5 Å². The third kappa shape index (κ3) is 5.81. The van der Waals surface area contributed by atoms with Gasteiger partial charge in [-0.15, -0.1) is 23.1 Å². The minimum Gasteiger partial charge on any atom is -0.452 e. The van der Waals surface area contributed by atoms with Crippen molar-refractivity contribution in [1.82, 2.24) is 10.6 Å². The first-order valence-corrected chi connectivity index (χ1v) is 10.6. The van der Waals surface area contributed by atoms with Crippen molar-refractivity contribution in [3.05, 3.63) is 46.2 Å². The van der Waals surface area contributed by atoms with Gasteiger partial charge in [0.25, 0.3) is 5.91 Å². The SMILES string of the molecule is C[C@H]1Sc2ccc(C(=O)OCC(=O)NC(=O)NCCc3cccs3)cc2NC1=O. The number of hydrogen-bond acceptors (Lipinski definition) is 7. The second-order valence-corrected chi connectivity index (χ2v) is 8.58. The first-order valence-electron chi connectivity index (χ1n) is 8.81. The monoisotopic (exact) mass is 433 g/mol. The molecular weight excluding hydrogens is 414 g/mol. The first-order chi connectivity index (χ1) is 13.9. The summed E-state index contributed by atoms with van der Waals surface area (Å²) in [6.07, 6.45) is 0.667. The van der Waals surface area contributed by atoms with Gasteiger partial charge >= 0.3 is 12.0 Å². The zero-order chi connectivity index (χ0) is 20.8. The molecule has 3 N–H and O–H groups in total. The van der Waals surface area contributed by atoms with Crippen molar-refractivity contribution in [1.29, 1.82) is 0 Å². The molecule has 152 valence electrons. The molecule has 1 aliphatic rings. The van der Waals surface area contributed by atoms with Crippen molar-refractivity contribution < 1.29 is 23.9 Å². The average molecular weight is 434 g/mol. The Bertz CT molecular complexity index is 930. The molecule has 0 bridgehead atoms. The first kappa shape index (κ1) is 20.9. The zero-order valence-electron chi connectivity index (χ0n) is 15.5. The van der Waals surface area contributed by atoms with Crippen LogP contribution >= 0.6 is 23.1 Å². The molecule has 0 aliphatic carbocycles. The van der Waals surface area contributed by atoms with E-state index in [-0.39, 0.29) is 16.7 Å². The number of fused-ring (bicyclic) bond motifs is 1. The van der Waals surface area contributed by atoms with Crippen LogP contribution in [0.4, 0.5) is 10.5 Å². The van der Waals surface area contributed by atoms with Gasteiger partial charge in [-0.05, 0) is 43.0 Å². The van der Waals surface area contributed by atoms with E-state index in [1.165, 1.54) is 17.8 Å². The number of amides is 4. The van der Waals surface area contributed by atoms with Crippen molar-refractivity contribution in [2.45, 2.75) is 23.5 Å². The standard InChI is InChI=1S/C19H19N3O5S2/c1-11-17(24)21-14-9-12(4-5-15(14)29-11)18(25)27-10-16(23)22-19(26)20-7-6-13-3-2-8-28-13/h2-5,8-9,11H,6-7,10H2,1H3,(H,21,24)(H2,20,22,23,26)/t11-/m1/s1. The minimum atomic E-state index is -0.734. The van der Waals surface area contributed by atoms with E-state index in [1.807, 2.05) is 17.5 Å². The number of ether oxygens (including phenoxy) is 1. The lowest BCUT2D eigenvalue weighted by Gasteiger charge is -2.21. The third-order valence-electron chi connectivity index (χ3n) is 3.97. The molecule has 4 amide bonds. The van der Waals surface area contributed by atoms with Crippen molar-refractivity contribution >= 4 is 52.6 Å². The number of hydrogen-bond donors (Lipinski definition) is 3. The molecule has 1 aromatic heterocycles. The molecule has 2 heterocycles. The van der Waals surface area contributed by atoms with E-state index in [2.05, 4.69) is 16.0 Å². The molecule has 8 nitrogen and oxygen atoms in total. The number of rotatable bonds is 6. The van der Waals surface area contributed by atoms with Crippen LogP contribution in [-0.4, -0.2) is 42.2 Å². The third-order valence-corrected chi connectivity index (χ3v) is 6.08. The number of imide groups is 1. The number of carbonyl (C=O) groups is 4. The quantitative estimate of drug-likeness (QED) is 0.603. The fourth-order valence-corrected chi connectivity index (χ4v) is 4.15. The van der Waals surface area contributed by atoms with Gasteiger partial charge in [0.2, 0.25) is 5.91 Å². The summed E-state index contributed by atoms with van der Waals surface area (Å²) in [6.45, 7) is 1.59. The Morgan fingerprint density at radius 1 is 1.24 bits per heavy atom. The molecule has 1 aromatic carbocycles. The number of thioether (sulfide) groups is 1. The largest absolute Gasteiger partial charge is 0.452 e. The normalized spacial score (nSPS) is 15.1. The summed E-state index contributed by atoms with van der Waals surface area (Å²) in [5.74, 6) is -1.60. The fraction of sp³-hybridized carbons (Fsp3) is 0.263. The van der Waals surface area contributed by atoms with Crippen molar-refractivity contribution in [2.24, 2.45) is 0 Å². The van der Waals surface area contributed by atoms with Crippen LogP contribution in [0.15, 0.2) is 40.6 Å². The van der Waals surface area contributed by atoms with Crippen molar-refractivity contribution in [3.63, 3.8) is 0 Å². The van der Waals surface area contributed by atoms with Crippen LogP contribution in [0, 0.1) is 0 Å². The van der Waals surface area contributed by atoms with E-state index in [9.17, 15) is 19.2 Å². The summed E-state index contributed by atoms with van der Waals surface area (Å²) in [7, 11) is 0. The van der Waals surface area contributed by atoms with Crippen LogP contribution in [-0.2, 0) is 20.7 Å². The summed E-state index contributed by atoms with van der Waals surface area (Å²) in [5.41, 5.74) is 0.731. The molecule has 1 atom stereocenters. The van der Waals surface area contributed by atoms with Gasteiger partial charge in [-0.1, -0.05) is 6.07 Å². The minimum absolute atomic E-state index is 0.141. The van der Waals surface area contributed by atoms with Crippen molar-refractivity contribution in [2.75, 3.05) is 18.5 Å². The smallest absolute Gasteiger partial charge is 0.338 e. The summed E-state index contributed by atoms with van der Waals surface area (Å²) < 4.78 is 4.94. The molecule has 3 rings (SSSR count). The number of thiophene rings is 1. The Kier molecular flexibility index (Phi) is 6.89. The van der Waals surface area contributed by atoms with E-state index in [1.54, 1.807) is 30.4 Å². The maximum atomic E-state index is 12.1. The fourth-order valence-electron chi connectivity index (χ4n) is 2.51. The van der Waals surface area contributed by atoms with E-state index >= 15 is 0 Å². The van der Waals surface area contributed by atoms with Gasteiger partial charge in [-0.3, -0.25) is 14.9 Å². The van der Waals surface area contributed by atoms with Gasteiger partial charge in [-0.2, -0.15) is 0 Å². The van der Waals surface area contributed by atoms with Gasteiger partial charge in [0.05, 0.1) is 16.5 Å². The zero-order valence-corrected chi connectivity index (χ0v) is 17.2. The highest BCUT2D eigenvalue weighted by atomic mass is 32.2.